The Morgan fingerprint density at radius 2 is 1.26 bits per heavy atom. The van der Waals surface area contributed by atoms with Crippen molar-refractivity contribution in [3.05, 3.63) is 71.8 Å². The first-order valence-corrected chi connectivity index (χ1v) is 10.8. The van der Waals surface area contributed by atoms with Crippen LogP contribution in [-0.4, -0.2) is 58.8 Å². The Hall–Kier alpha value is -3.63. The summed E-state index contributed by atoms with van der Waals surface area (Å²) in [5.41, 5.74) is 1.55. The van der Waals surface area contributed by atoms with Crippen molar-refractivity contribution >= 4 is 18.2 Å². The van der Waals surface area contributed by atoms with E-state index >= 15 is 0 Å². The van der Waals surface area contributed by atoms with Crippen molar-refractivity contribution in [1.29, 1.82) is 0 Å². The summed E-state index contributed by atoms with van der Waals surface area (Å²) in [4.78, 5) is 36.2. The van der Waals surface area contributed by atoms with Gasteiger partial charge in [0.25, 0.3) is 0 Å². The van der Waals surface area contributed by atoms with Gasteiger partial charge >= 0.3 is 18.2 Å². The van der Waals surface area contributed by atoms with E-state index in [1.165, 1.54) is 0 Å². The van der Waals surface area contributed by atoms with Crippen LogP contribution in [0.3, 0.4) is 0 Å². The summed E-state index contributed by atoms with van der Waals surface area (Å²) in [5, 5.41) is 26.1. The number of carbonyl (C=O) groups is 3. The van der Waals surface area contributed by atoms with Gasteiger partial charge in [0.1, 0.15) is 25.4 Å². The zero-order chi connectivity index (χ0) is 24.5. The van der Waals surface area contributed by atoms with Gasteiger partial charge in [0.15, 0.2) is 6.10 Å². The minimum Gasteiger partial charge on any atom is -0.457 e. The number of benzene rings is 2. The van der Waals surface area contributed by atoms with Gasteiger partial charge in [-0.3, -0.25) is 4.79 Å². The number of alkyl carbamates (subject to hydrolysis) is 2. The maximum absolute atomic E-state index is 12.4. The van der Waals surface area contributed by atoms with Crippen molar-refractivity contribution in [3.63, 3.8) is 0 Å². The number of esters is 1. The predicted octanol–water partition coefficient (Wildman–Crippen LogP) is 1.63. The molecule has 2 aromatic carbocycles. The minimum atomic E-state index is -1.57. The standard InChI is InChI=1S/C24H28N2O8/c1-15(27)34-22-19(26-24(31)33-14-17-10-6-3-7-11-17)12-18(20(28)21(22)29)25-23(30)32-13-16-8-4-2-5-9-16/h2-11,18-22,28-29H,12-14H2,1H3,(H,25,30)(H,26,31)/t18-,19-,20-,21-,22-/m0/s1. The molecule has 0 radical (unpaired) electrons. The van der Waals surface area contributed by atoms with Crippen LogP contribution in [0.2, 0.25) is 0 Å². The molecule has 0 aromatic heterocycles. The lowest BCUT2D eigenvalue weighted by atomic mass is 9.83. The summed E-state index contributed by atoms with van der Waals surface area (Å²) in [6.07, 6.45) is -5.94. The van der Waals surface area contributed by atoms with E-state index < -0.39 is 48.6 Å². The minimum absolute atomic E-state index is 0.0102. The zero-order valence-electron chi connectivity index (χ0n) is 18.6. The third-order valence-corrected chi connectivity index (χ3v) is 5.34. The lowest BCUT2D eigenvalue weighted by Crippen LogP contribution is -2.65. The Morgan fingerprint density at radius 3 is 1.74 bits per heavy atom. The summed E-state index contributed by atoms with van der Waals surface area (Å²) in [7, 11) is 0. The normalized spacial score (nSPS) is 23.9. The molecule has 0 spiro atoms. The number of hydrogen-bond acceptors (Lipinski definition) is 8. The van der Waals surface area contributed by atoms with Gasteiger partial charge < -0.3 is 35.1 Å². The zero-order valence-corrected chi connectivity index (χ0v) is 18.6. The van der Waals surface area contributed by atoms with Gasteiger partial charge in [0.2, 0.25) is 0 Å². The molecule has 2 amide bonds. The monoisotopic (exact) mass is 472 g/mol. The largest absolute Gasteiger partial charge is 0.457 e. The summed E-state index contributed by atoms with van der Waals surface area (Å²) < 4.78 is 15.5. The predicted molar refractivity (Wildman–Crippen MR) is 119 cm³/mol. The number of aliphatic hydroxyl groups is 2. The first-order chi connectivity index (χ1) is 16.3. The van der Waals surface area contributed by atoms with E-state index in [2.05, 4.69) is 10.6 Å². The summed E-state index contributed by atoms with van der Waals surface area (Å²) in [5.74, 6) is -0.700. The molecule has 2 aromatic rings. The highest BCUT2D eigenvalue weighted by Gasteiger charge is 2.46. The van der Waals surface area contributed by atoms with E-state index in [1.807, 2.05) is 12.1 Å². The lowest BCUT2D eigenvalue weighted by molar-refractivity contribution is -0.168. The van der Waals surface area contributed by atoms with Crippen molar-refractivity contribution in [2.24, 2.45) is 0 Å². The highest BCUT2D eigenvalue weighted by atomic mass is 16.6. The first kappa shape index (κ1) is 25.0. The Morgan fingerprint density at radius 1 is 0.794 bits per heavy atom. The van der Waals surface area contributed by atoms with Gasteiger partial charge in [0.05, 0.1) is 12.1 Å². The molecule has 34 heavy (non-hydrogen) atoms. The van der Waals surface area contributed by atoms with E-state index in [4.69, 9.17) is 14.2 Å². The Balaban J connectivity index is 1.61. The maximum atomic E-state index is 12.4. The molecule has 0 saturated heterocycles. The second-order valence-corrected chi connectivity index (χ2v) is 7.92. The number of rotatable bonds is 7. The molecule has 5 atom stereocenters. The second kappa shape index (κ2) is 12.0. The van der Waals surface area contributed by atoms with Crippen LogP contribution in [0.5, 0.6) is 0 Å². The lowest BCUT2D eigenvalue weighted by Gasteiger charge is -2.42. The average Bonchev–Trinajstić information content (AvgIpc) is 2.83. The quantitative estimate of drug-likeness (QED) is 0.352. The molecule has 0 bridgehead atoms. The fraction of sp³-hybridized carbons (Fsp3) is 0.375. The van der Waals surface area contributed by atoms with Crippen LogP contribution in [0.1, 0.15) is 24.5 Å². The number of ether oxygens (including phenoxy) is 3. The van der Waals surface area contributed by atoms with Gasteiger partial charge in [-0.1, -0.05) is 60.7 Å². The molecule has 0 unspecified atom stereocenters. The molecule has 182 valence electrons. The molecule has 1 aliphatic rings. The van der Waals surface area contributed by atoms with Gasteiger partial charge in [-0.15, -0.1) is 0 Å². The molecule has 1 fully saturated rings. The number of nitrogens with one attached hydrogen (secondary N) is 2. The Kier molecular flexibility index (Phi) is 8.83. The number of carbonyl (C=O) groups excluding carboxylic acids is 3. The van der Waals surface area contributed by atoms with Gasteiger partial charge in [-0.2, -0.15) is 0 Å². The summed E-state index contributed by atoms with van der Waals surface area (Å²) >= 11 is 0. The second-order valence-electron chi connectivity index (χ2n) is 7.92. The van der Waals surface area contributed by atoms with Gasteiger partial charge in [0, 0.05) is 6.92 Å². The Bertz CT molecular complexity index is 956. The highest BCUT2D eigenvalue weighted by Crippen LogP contribution is 2.24. The fourth-order valence-corrected chi connectivity index (χ4v) is 3.68. The molecule has 1 aliphatic carbocycles. The van der Waals surface area contributed by atoms with Crippen LogP contribution in [0.25, 0.3) is 0 Å². The van der Waals surface area contributed by atoms with Crippen LogP contribution in [-0.2, 0) is 32.2 Å². The van der Waals surface area contributed by atoms with Crippen molar-refractivity contribution in [2.75, 3.05) is 0 Å². The molecule has 0 aliphatic heterocycles. The van der Waals surface area contributed by atoms with Crippen molar-refractivity contribution in [3.8, 4) is 0 Å². The molecule has 0 heterocycles. The van der Waals surface area contributed by atoms with Crippen LogP contribution in [0, 0.1) is 0 Å². The van der Waals surface area contributed by atoms with Crippen molar-refractivity contribution in [2.45, 2.75) is 57.0 Å². The van der Waals surface area contributed by atoms with Crippen molar-refractivity contribution < 1.29 is 38.8 Å². The third kappa shape index (κ3) is 7.19. The smallest absolute Gasteiger partial charge is 0.407 e. The number of amides is 2. The molecular formula is C24H28N2O8. The number of hydrogen-bond donors (Lipinski definition) is 4. The summed E-state index contributed by atoms with van der Waals surface area (Å²) in [6.45, 7) is 1.17. The van der Waals surface area contributed by atoms with E-state index in [-0.39, 0.29) is 19.6 Å². The molecule has 10 nitrogen and oxygen atoms in total. The third-order valence-electron chi connectivity index (χ3n) is 5.34. The molecule has 1 saturated carbocycles. The maximum Gasteiger partial charge on any atom is 0.407 e. The van der Waals surface area contributed by atoms with E-state index in [0.29, 0.717) is 0 Å². The van der Waals surface area contributed by atoms with Crippen LogP contribution in [0.15, 0.2) is 60.7 Å². The number of aliphatic hydroxyl groups excluding tert-OH is 2. The topological polar surface area (TPSA) is 143 Å². The average molecular weight is 472 g/mol. The van der Waals surface area contributed by atoms with E-state index in [9.17, 15) is 24.6 Å². The van der Waals surface area contributed by atoms with Gasteiger partial charge in [-0.05, 0) is 17.5 Å². The van der Waals surface area contributed by atoms with Crippen LogP contribution >= 0.6 is 0 Å². The SMILES string of the molecule is CC(=O)O[C@@H]1[C@@H](O)[C@@H](O)[C@@H](NC(=O)OCc2ccccc2)C[C@@H]1NC(=O)OCc1ccccc1. The van der Waals surface area contributed by atoms with E-state index in [0.717, 1.165) is 18.1 Å². The van der Waals surface area contributed by atoms with Crippen LogP contribution in [0.4, 0.5) is 9.59 Å². The molecule has 4 N–H and O–H groups in total. The van der Waals surface area contributed by atoms with Crippen molar-refractivity contribution in [1.82, 2.24) is 10.6 Å². The molecular weight excluding hydrogens is 444 g/mol. The molecule has 3 rings (SSSR count). The first-order valence-electron chi connectivity index (χ1n) is 10.8. The van der Waals surface area contributed by atoms with E-state index in [1.54, 1.807) is 48.5 Å². The summed E-state index contributed by atoms with van der Waals surface area (Å²) in [6, 6.07) is 16.1. The molecule has 10 heteroatoms. The Labute approximate surface area is 196 Å². The van der Waals surface area contributed by atoms with Crippen LogP contribution < -0.4 is 10.6 Å². The van der Waals surface area contributed by atoms with Gasteiger partial charge in [-0.25, -0.2) is 9.59 Å². The highest BCUT2D eigenvalue weighted by molar-refractivity contribution is 5.69. The fourth-order valence-electron chi connectivity index (χ4n) is 3.68.